The van der Waals surface area contributed by atoms with Crippen LogP contribution < -0.4 is 10.5 Å². The molecule has 100 valence electrons. The quantitative estimate of drug-likeness (QED) is 0.872. The average molecular weight is 249 g/mol. The predicted molar refractivity (Wildman–Crippen MR) is 72.9 cm³/mol. The molecule has 1 aliphatic carbocycles. The van der Waals surface area contributed by atoms with E-state index in [0.29, 0.717) is 6.61 Å². The fraction of sp³-hybridized carbons (Fsp3) is 0.600. The summed E-state index contributed by atoms with van der Waals surface area (Å²) < 4.78 is 11.3. The highest BCUT2D eigenvalue weighted by atomic mass is 16.5. The molecule has 2 rings (SSSR count). The van der Waals surface area contributed by atoms with Gasteiger partial charge in [0.25, 0.3) is 0 Å². The summed E-state index contributed by atoms with van der Waals surface area (Å²) in [6.45, 7) is 4.82. The number of benzene rings is 1. The summed E-state index contributed by atoms with van der Waals surface area (Å²) in [5.41, 5.74) is 8.47. The SMILES string of the molecule is COC(C)(C)CCOc1cccc2c1CCC2N. The molecule has 0 heterocycles. The van der Waals surface area contributed by atoms with Crippen molar-refractivity contribution in [1.29, 1.82) is 0 Å². The van der Waals surface area contributed by atoms with Crippen LogP contribution in [0.2, 0.25) is 0 Å². The Morgan fingerprint density at radius 2 is 2.17 bits per heavy atom. The Morgan fingerprint density at radius 3 is 2.89 bits per heavy atom. The smallest absolute Gasteiger partial charge is 0.122 e. The van der Waals surface area contributed by atoms with Crippen molar-refractivity contribution >= 4 is 0 Å². The van der Waals surface area contributed by atoms with Crippen molar-refractivity contribution in [1.82, 2.24) is 0 Å². The fourth-order valence-electron chi connectivity index (χ4n) is 2.30. The minimum atomic E-state index is -0.131. The number of methoxy groups -OCH3 is 1. The lowest BCUT2D eigenvalue weighted by Gasteiger charge is -2.23. The van der Waals surface area contributed by atoms with Crippen molar-refractivity contribution < 1.29 is 9.47 Å². The van der Waals surface area contributed by atoms with E-state index >= 15 is 0 Å². The number of fused-ring (bicyclic) bond motifs is 1. The zero-order valence-corrected chi connectivity index (χ0v) is 11.5. The Hall–Kier alpha value is -1.06. The first-order valence-corrected chi connectivity index (χ1v) is 6.59. The third-order valence-corrected chi connectivity index (χ3v) is 3.79. The van der Waals surface area contributed by atoms with E-state index < -0.39 is 0 Å². The van der Waals surface area contributed by atoms with Crippen molar-refractivity contribution in [2.75, 3.05) is 13.7 Å². The maximum atomic E-state index is 6.06. The first kappa shape index (κ1) is 13.4. The maximum Gasteiger partial charge on any atom is 0.122 e. The highest BCUT2D eigenvalue weighted by Crippen LogP contribution is 2.35. The third kappa shape index (κ3) is 2.85. The molecule has 0 amide bonds. The molecule has 0 saturated heterocycles. The number of rotatable bonds is 5. The molecule has 18 heavy (non-hydrogen) atoms. The molecule has 1 atom stereocenters. The molecule has 0 bridgehead atoms. The van der Waals surface area contributed by atoms with Crippen LogP contribution in [0.1, 0.15) is 43.9 Å². The molecule has 2 N–H and O–H groups in total. The Kier molecular flexibility index (Phi) is 3.93. The largest absolute Gasteiger partial charge is 0.493 e. The van der Waals surface area contributed by atoms with Gasteiger partial charge in [-0.1, -0.05) is 12.1 Å². The molecule has 0 aromatic heterocycles. The van der Waals surface area contributed by atoms with Gasteiger partial charge in [0.1, 0.15) is 5.75 Å². The molecule has 1 aromatic rings. The highest BCUT2D eigenvalue weighted by molar-refractivity contribution is 5.44. The minimum absolute atomic E-state index is 0.131. The Bertz CT molecular complexity index is 415. The Labute approximate surface area is 109 Å². The first-order chi connectivity index (χ1) is 8.53. The Morgan fingerprint density at radius 1 is 1.39 bits per heavy atom. The fourth-order valence-corrected chi connectivity index (χ4v) is 2.30. The number of hydrogen-bond donors (Lipinski definition) is 1. The minimum Gasteiger partial charge on any atom is -0.493 e. The normalized spacial score (nSPS) is 18.8. The molecule has 0 spiro atoms. The second-order valence-corrected chi connectivity index (χ2v) is 5.53. The summed E-state index contributed by atoms with van der Waals surface area (Å²) >= 11 is 0. The molecule has 0 saturated carbocycles. The molecule has 1 aromatic carbocycles. The number of nitrogens with two attached hydrogens (primary N) is 1. The lowest BCUT2D eigenvalue weighted by atomic mass is 10.1. The van der Waals surface area contributed by atoms with Gasteiger partial charge in [0.05, 0.1) is 12.2 Å². The molecular weight excluding hydrogens is 226 g/mol. The molecule has 0 fully saturated rings. The van der Waals surface area contributed by atoms with Crippen LogP contribution in [0.15, 0.2) is 18.2 Å². The highest BCUT2D eigenvalue weighted by Gasteiger charge is 2.22. The lowest BCUT2D eigenvalue weighted by Crippen LogP contribution is -2.25. The van der Waals surface area contributed by atoms with E-state index in [1.165, 1.54) is 11.1 Å². The summed E-state index contributed by atoms with van der Waals surface area (Å²) in [5.74, 6) is 0.993. The van der Waals surface area contributed by atoms with Crippen LogP contribution in [-0.2, 0) is 11.2 Å². The van der Waals surface area contributed by atoms with Gasteiger partial charge < -0.3 is 15.2 Å². The zero-order valence-electron chi connectivity index (χ0n) is 11.5. The van der Waals surface area contributed by atoms with Crippen molar-refractivity contribution in [2.45, 2.75) is 44.8 Å². The lowest BCUT2D eigenvalue weighted by molar-refractivity contribution is 0.00538. The van der Waals surface area contributed by atoms with Crippen LogP contribution in [0.25, 0.3) is 0 Å². The standard InChI is InChI=1S/C15H23NO2/c1-15(2,17-3)9-10-18-14-6-4-5-11-12(14)7-8-13(11)16/h4-6,13H,7-10,16H2,1-3H3. The van der Waals surface area contributed by atoms with Crippen LogP contribution in [0.4, 0.5) is 0 Å². The van der Waals surface area contributed by atoms with E-state index in [2.05, 4.69) is 19.9 Å². The summed E-state index contributed by atoms with van der Waals surface area (Å²) in [6, 6.07) is 6.36. The van der Waals surface area contributed by atoms with Crippen molar-refractivity contribution in [3.05, 3.63) is 29.3 Å². The second kappa shape index (κ2) is 5.29. The van der Waals surface area contributed by atoms with E-state index in [-0.39, 0.29) is 11.6 Å². The van der Waals surface area contributed by atoms with Gasteiger partial charge in [-0.05, 0) is 43.9 Å². The topological polar surface area (TPSA) is 44.5 Å². The maximum absolute atomic E-state index is 6.06. The van der Waals surface area contributed by atoms with E-state index in [9.17, 15) is 0 Å². The van der Waals surface area contributed by atoms with Gasteiger partial charge in [-0.3, -0.25) is 0 Å². The average Bonchev–Trinajstić information content (AvgIpc) is 2.72. The molecule has 0 radical (unpaired) electrons. The van der Waals surface area contributed by atoms with Crippen molar-refractivity contribution in [3.63, 3.8) is 0 Å². The van der Waals surface area contributed by atoms with E-state index in [1.54, 1.807) is 7.11 Å². The summed E-state index contributed by atoms with van der Waals surface area (Å²) in [5, 5.41) is 0. The van der Waals surface area contributed by atoms with E-state index in [1.807, 2.05) is 12.1 Å². The molecule has 3 nitrogen and oxygen atoms in total. The van der Waals surface area contributed by atoms with E-state index in [0.717, 1.165) is 25.0 Å². The molecule has 3 heteroatoms. The molecule has 1 unspecified atom stereocenters. The summed E-state index contributed by atoms with van der Waals surface area (Å²) in [6.07, 6.45) is 2.93. The summed E-state index contributed by atoms with van der Waals surface area (Å²) in [4.78, 5) is 0. The van der Waals surface area contributed by atoms with Crippen LogP contribution in [0.3, 0.4) is 0 Å². The van der Waals surface area contributed by atoms with Crippen LogP contribution in [0, 0.1) is 0 Å². The van der Waals surface area contributed by atoms with Crippen molar-refractivity contribution in [2.24, 2.45) is 5.73 Å². The third-order valence-electron chi connectivity index (χ3n) is 3.79. The predicted octanol–water partition coefficient (Wildman–Crippen LogP) is 2.83. The second-order valence-electron chi connectivity index (χ2n) is 5.53. The van der Waals surface area contributed by atoms with Crippen LogP contribution in [0.5, 0.6) is 5.75 Å². The molecular formula is C15H23NO2. The van der Waals surface area contributed by atoms with Crippen molar-refractivity contribution in [3.8, 4) is 5.75 Å². The molecule has 1 aliphatic rings. The Balaban J connectivity index is 1.99. The monoisotopic (exact) mass is 249 g/mol. The van der Waals surface area contributed by atoms with Gasteiger partial charge in [0.15, 0.2) is 0 Å². The number of ether oxygens (including phenoxy) is 2. The summed E-state index contributed by atoms with van der Waals surface area (Å²) in [7, 11) is 1.74. The molecule has 0 aliphatic heterocycles. The number of hydrogen-bond acceptors (Lipinski definition) is 3. The van der Waals surface area contributed by atoms with Gasteiger partial charge in [-0.2, -0.15) is 0 Å². The van der Waals surface area contributed by atoms with Gasteiger partial charge in [-0.15, -0.1) is 0 Å². The van der Waals surface area contributed by atoms with Gasteiger partial charge in [-0.25, -0.2) is 0 Å². The van der Waals surface area contributed by atoms with Crippen LogP contribution >= 0.6 is 0 Å². The van der Waals surface area contributed by atoms with Gasteiger partial charge in [0.2, 0.25) is 0 Å². The van der Waals surface area contributed by atoms with E-state index in [4.69, 9.17) is 15.2 Å². The zero-order chi connectivity index (χ0) is 13.2. The van der Waals surface area contributed by atoms with Crippen LogP contribution in [-0.4, -0.2) is 19.3 Å². The first-order valence-electron chi connectivity index (χ1n) is 6.59. The van der Waals surface area contributed by atoms with Gasteiger partial charge in [0, 0.05) is 19.6 Å². The van der Waals surface area contributed by atoms with Gasteiger partial charge >= 0.3 is 0 Å².